The van der Waals surface area contributed by atoms with Gasteiger partial charge in [-0.1, -0.05) is 6.07 Å². The Morgan fingerprint density at radius 1 is 1.30 bits per heavy atom. The molecule has 1 aromatic carbocycles. The molecule has 0 spiro atoms. The van der Waals surface area contributed by atoms with Crippen LogP contribution in [-0.4, -0.2) is 4.98 Å². The van der Waals surface area contributed by atoms with E-state index in [1.54, 1.807) is 6.07 Å². The Kier molecular flexibility index (Phi) is 3.66. The van der Waals surface area contributed by atoms with E-state index in [0.717, 1.165) is 35.1 Å². The third kappa shape index (κ3) is 2.66. The molecule has 0 saturated carbocycles. The number of pyridine rings is 1. The van der Waals surface area contributed by atoms with E-state index in [0.29, 0.717) is 0 Å². The SMILES string of the molecule is Cc1ccc(Br)c(NC2CCCc3[nH]c(=O)ccc32)c1. The van der Waals surface area contributed by atoms with Gasteiger partial charge in [0.25, 0.3) is 0 Å². The Morgan fingerprint density at radius 2 is 2.15 bits per heavy atom. The molecular weight excluding hydrogens is 316 g/mol. The highest BCUT2D eigenvalue weighted by Crippen LogP contribution is 2.33. The van der Waals surface area contributed by atoms with Crippen LogP contribution < -0.4 is 10.9 Å². The lowest BCUT2D eigenvalue weighted by atomic mass is 9.91. The number of benzene rings is 1. The van der Waals surface area contributed by atoms with Gasteiger partial charge in [-0.3, -0.25) is 4.79 Å². The molecule has 2 N–H and O–H groups in total. The molecule has 0 saturated heterocycles. The number of aromatic nitrogens is 1. The van der Waals surface area contributed by atoms with Crippen molar-refractivity contribution in [2.45, 2.75) is 32.2 Å². The van der Waals surface area contributed by atoms with Crippen molar-refractivity contribution in [3.8, 4) is 0 Å². The number of H-pyrrole nitrogens is 1. The molecule has 0 amide bonds. The molecule has 1 aromatic heterocycles. The van der Waals surface area contributed by atoms with Gasteiger partial charge in [0.2, 0.25) is 5.56 Å². The van der Waals surface area contributed by atoms with Crippen LogP contribution in [0.2, 0.25) is 0 Å². The van der Waals surface area contributed by atoms with Crippen molar-refractivity contribution >= 4 is 21.6 Å². The van der Waals surface area contributed by atoms with Gasteiger partial charge >= 0.3 is 0 Å². The number of hydrogen-bond acceptors (Lipinski definition) is 2. The monoisotopic (exact) mass is 332 g/mol. The molecule has 20 heavy (non-hydrogen) atoms. The first kappa shape index (κ1) is 13.4. The Balaban J connectivity index is 1.93. The number of nitrogens with one attached hydrogen (secondary N) is 2. The summed E-state index contributed by atoms with van der Waals surface area (Å²) in [5, 5.41) is 3.60. The fraction of sp³-hybridized carbons (Fsp3) is 0.312. The summed E-state index contributed by atoms with van der Waals surface area (Å²) >= 11 is 3.59. The topological polar surface area (TPSA) is 44.9 Å². The predicted octanol–water partition coefficient (Wildman–Crippen LogP) is 3.94. The van der Waals surface area contributed by atoms with Gasteiger partial charge in [-0.2, -0.15) is 0 Å². The van der Waals surface area contributed by atoms with Crippen LogP contribution in [0.4, 0.5) is 5.69 Å². The molecule has 104 valence electrons. The molecule has 1 aliphatic carbocycles. The van der Waals surface area contributed by atoms with Gasteiger partial charge in [-0.05, 0) is 71.4 Å². The third-order valence-electron chi connectivity index (χ3n) is 3.78. The molecule has 0 radical (unpaired) electrons. The second kappa shape index (κ2) is 5.44. The second-order valence-corrected chi connectivity index (χ2v) is 6.18. The molecule has 0 aliphatic heterocycles. The first-order chi connectivity index (χ1) is 9.63. The highest BCUT2D eigenvalue weighted by Gasteiger charge is 2.21. The fourth-order valence-corrected chi connectivity index (χ4v) is 3.15. The summed E-state index contributed by atoms with van der Waals surface area (Å²) in [6.07, 6.45) is 3.13. The quantitative estimate of drug-likeness (QED) is 0.874. The van der Waals surface area contributed by atoms with Crippen molar-refractivity contribution in [3.63, 3.8) is 0 Å². The van der Waals surface area contributed by atoms with E-state index in [4.69, 9.17) is 0 Å². The van der Waals surface area contributed by atoms with Gasteiger partial charge in [-0.15, -0.1) is 0 Å². The number of anilines is 1. The van der Waals surface area contributed by atoms with E-state index < -0.39 is 0 Å². The van der Waals surface area contributed by atoms with Crippen LogP contribution in [-0.2, 0) is 6.42 Å². The lowest BCUT2D eigenvalue weighted by Crippen LogP contribution is -2.21. The number of hydrogen-bond donors (Lipinski definition) is 2. The number of rotatable bonds is 2. The van der Waals surface area contributed by atoms with Crippen molar-refractivity contribution in [2.75, 3.05) is 5.32 Å². The van der Waals surface area contributed by atoms with Crippen molar-refractivity contribution < 1.29 is 0 Å². The van der Waals surface area contributed by atoms with E-state index in [2.05, 4.69) is 51.4 Å². The summed E-state index contributed by atoms with van der Waals surface area (Å²) in [4.78, 5) is 14.4. The maximum atomic E-state index is 11.4. The van der Waals surface area contributed by atoms with E-state index in [1.807, 2.05) is 6.07 Å². The maximum Gasteiger partial charge on any atom is 0.248 e. The van der Waals surface area contributed by atoms with Crippen molar-refractivity contribution in [3.05, 3.63) is 62.0 Å². The highest BCUT2D eigenvalue weighted by molar-refractivity contribution is 9.10. The Hall–Kier alpha value is -1.55. The lowest BCUT2D eigenvalue weighted by molar-refractivity contribution is 0.586. The molecule has 4 heteroatoms. The van der Waals surface area contributed by atoms with Crippen LogP contribution in [0.15, 0.2) is 39.6 Å². The van der Waals surface area contributed by atoms with Gasteiger partial charge in [-0.25, -0.2) is 0 Å². The summed E-state index contributed by atoms with van der Waals surface area (Å²) in [6, 6.07) is 10.1. The standard InChI is InChI=1S/C16H17BrN2O/c1-10-5-7-12(17)15(9-10)18-13-3-2-4-14-11(13)6-8-16(20)19-14/h5-9,13,18H,2-4H2,1H3,(H,19,20). The van der Waals surface area contributed by atoms with Gasteiger partial charge in [0.05, 0.1) is 6.04 Å². The molecule has 3 rings (SSSR count). The van der Waals surface area contributed by atoms with Gasteiger partial charge < -0.3 is 10.3 Å². The van der Waals surface area contributed by atoms with Crippen molar-refractivity contribution in [1.29, 1.82) is 0 Å². The van der Waals surface area contributed by atoms with Crippen LogP contribution in [0.1, 0.15) is 35.7 Å². The van der Waals surface area contributed by atoms with Crippen LogP contribution in [0.25, 0.3) is 0 Å². The molecule has 0 bridgehead atoms. The minimum atomic E-state index is -0.0128. The minimum Gasteiger partial charge on any atom is -0.377 e. The first-order valence-corrected chi connectivity index (χ1v) is 7.67. The summed E-state index contributed by atoms with van der Waals surface area (Å²) in [6.45, 7) is 2.09. The summed E-state index contributed by atoms with van der Waals surface area (Å²) in [7, 11) is 0. The van der Waals surface area contributed by atoms with Gasteiger partial charge in [0.15, 0.2) is 0 Å². The number of aryl methyl sites for hydroxylation is 2. The van der Waals surface area contributed by atoms with Crippen LogP contribution >= 0.6 is 15.9 Å². The van der Waals surface area contributed by atoms with Crippen LogP contribution in [0.3, 0.4) is 0 Å². The minimum absolute atomic E-state index is 0.0128. The highest BCUT2D eigenvalue weighted by atomic mass is 79.9. The summed E-state index contributed by atoms with van der Waals surface area (Å²) < 4.78 is 1.07. The average molecular weight is 333 g/mol. The van der Waals surface area contributed by atoms with E-state index in [1.165, 1.54) is 11.1 Å². The molecule has 3 nitrogen and oxygen atoms in total. The van der Waals surface area contributed by atoms with Crippen LogP contribution in [0.5, 0.6) is 0 Å². The fourth-order valence-electron chi connectivity index (χ4n) is 2.79. The molecule has 1 atom stereocenters. The number of fused-ring (bicyclic) bond motifs is 1. The normalized spacial score (nSPS) is 17.6. The summed E-state index contributed by atoms with van der Waals surface area (Å²) in [5.74, 6) is 0. The smallest absolute Gasteiger partial charge is 0.248 e. The predicted molar refractivity (Wildman–Crippen MR) is 85.2 cm³/mol. The molecule has 0 fully saturated rings. The molecule has 1 heterocycles. The molecule has 1 aliphatic rings. The zero-order chi connectivity index (χ0) is 14.1. The van der Waals surface area contributed by atoms with Crippen LogP contribution in [0, 0.1) is 6.92 Å². The third-order valence-corrected chi connectivity index (χ3v) is 4.47. The Morgan fingerprint density at radius 3 is 3.00 bits per heavy atom. The Bertz CT molecular complexity index is 693. The number of aromatic amines is 1. The van der Waals surface area contributed by atoms with Gasteiger partial charge in [0, 0.05) is 21.9 Å². The zero-order valence-corrected chi connectivity index (χ0v) is 13.0. The largest absolute Gasteiger partial charge is 0.377 e. The maximum absolute atomic E-state index is 11.4. The molecular formula is C16H17BrN2O. The van der Waals surface area contributed by atoms with Crippen molar-refractivity contribution in [1.82, 2.24) is 4.98 Å². The molecule has 2 aromatic rings. The molecule has 1 unspecified atom stereocenters. The Labute approximate surface area is 126 Å². The lowest BCUT2D eigenvalue weighted by Gasteiger charge is -2.27. The van der Waals surface area contributed by atoms with Crippen molar-refractivity contribution in [2.24, 2.45) is 0 Å². The van der Waals surface area contributed by atoms with Gasteiger partial charge in [0.1, 0.15) is 0 Å². The van der Waals surface area contributed by atoms with E-state index in [-0.39, 0.29) is 11.6 Å². The summed E-state index contributed by atoms with van der Waals surface area (Å²) in [5.41, 5.74) is 4.61. The van der Waals surface area contributed by atoms with E-state index in [9.17, 15) is 4.79 Å². The average Bonchev–Trinajstić information content (AvgIpc) is 2.43. The first-order valence-electron chi connectivity index (χ1n) is 6.88. The second-order valence-electron chi connectivity index (χ2n) is 5.33. The van der Waals surface area contributed by atoms with E-state index >= 15 is 0 Å². The zero-order valence-electron chi connectivity index (χ0n) is 11.4. The number of halogens is 1.